The summed E-state index contributed by atoms with van der Waals surface area (Å²) >= 11 is 0. The van der Waals surface area contributed by atoms with Crippen LogP contribution in [0.1, 0.15) is 16.8 Å². The van der Waals surface area contributed by atoms with Gasteiger partial charge in [0.1, 0.15) is 0 Å². The van der Waals surface area contributed by atoms with Crippen LogP contribution < -0.4 is 5.56 Å². The number of nitrogens with zero attached hydrogens (tertiary/aromatic N) is 1. The van der Waals surface area contributed by atoms with E-state index in [0.717, 1.165) is 11.3 Å². The molecule has 0 saturated heterocycles. The van der Waals surface area contributed by atoms with Crippen LogP contribution in [0.5, 0.6) is 0 Å². The monoisotopic (exact) mass is 200 g/mol. The zero-order valence-corrected chi connectivity index (χ0v) is 8.53. The summed E-state index contributed by atoms with van der Waals surface area (Å²) in [6.45, 7) is 2.03. The van der Waals surface area contributed by atoms with Crippen LogP contribution in [0.3, 0.4) is 0 Å². The molecular weight excluding hydrogens is 188 g/mol. The Labute approximate surface area is 87.8 Å². The van der Waals surface area contributed by atoms with Crippen molar-refractivity contribution in [3.8, 4) is 0 Å². The maximum absolute atomic E-state index is 11.1. The zero-order chi connectivity index (χ0) is 10.7. The molecule has 2 aromatic rings. The molecular formula is C12H12N2O. The minimum absolute atomic E-state index is 0.0693. The lowest BCUT2D eigenvalue weighted by Gasteiger charge is -2.01. The van der Waals surface area contributed by atoms with Crippen LogP contribution in [0.25, 0.3) is 0 Å². The van der Waals surface area contributed by atoms with Crippen molar-refractivity contribution in [1.29, 1.82) is 0 Å². The average Bonchev–Trinajstić information content (AvgIpc) is 2.17. The molecule has 0 atom stereocenters. The summed E-state index contributed by atoms with van der Waals surface area (Å²) in [5.41, 5.74) is 3.09. The van der Waals surface area contributed by atoms with Crippen molar-refractivity contribution in [2.75, 3.05) is 0 Å². The third-order valence-electron chi connectivity index (χ3n) is 2.20. The smallest absolute Gasteiger partial charge is 0.248 e. The third-order valence-corrected chi connectivity index (χ3v) is 2.20. The van der Waals surface area contributed by atoms with Crippen LogP contribution in [0.4, 0.5) is 0 Å². The number of aromatic nitrogens is 2. The van der Waals surface area contributed by atoms with Gasteiger partial charge in [-0.05, 0) is 36.2 Å². The standard InChI is InChI=1S/C12H12N2O/c1-9-2-4-13-11(6-9)7-10-3-5-14-12(15)8-10/h2-6,8H,7H2,1H3,(H,14,15). The van der Waals surface area contributed by atoms with E-state index in [9.17, 15) is 4.79 Å². The van der Waals surface area contributed by atoms with Crippen molar-refractivity contribution in [1.82, 2.24) is 9.97 Å². The molecule has 3 heteroatoms. The van der Waals surface area contributed by atoms with Crippen LogP contribution in [0.2, 0.25) is 0 Å². The molecule has 0 aromatic carbocycles. The fourth-order valence-electron chi connectivity index (χ4n) is 1.50. The van der Waals surface area contributed by atoms with Gasteiger partial charge in [-0.15, -0.1) is 0 Å². The highest BCUT2D eigenvalue weighted by atomic mass is 16.1. The first-order valence-electron chi connectivity index (χ1n) is 4.83. The van der Waals surface area contributed by atoms with Gasteiger partial charge in [0, 0.05) is 30.6 Å². The summed E-state index contributed by atoms with van der Waals surface area (Å²) in [6, 6.07) is 7.48. The number of hydrogen-bond donors (Lipinski definition) is 1. The summed E-state index contributed by atoms with van der Waals surface area (Å²) in [4.78, 5) is 17.9. The first-order valence-corrected chi connectivity index (χ1v) is 4.83. The number of nitrogens with one attached hydrogen (secondary N) is 1. The van der Waals surface area contributed by atoms with Crippen molar-refractivity contribution >= 4 is 0 Å². The predicted molar refractivity (Wildman–Crippen MR) is 58.8 cm³/mol. The van der Waals surface area contributed by atoms with E-state index < -0.39 is 0 Å². The summed E-state index contributed by atoms with van der Waals surface area (Å²) in [5.74, 6) is 0. The Morgan fingerprint density at radius 1 is 1.33 bits per heavy atom. The number of hydrogen-bond acceptors (Lipinski definition) is 2. The molecule has 1 N–H and O–H groups in total. The van der Waals surface area contributed by atoms with Crippen molar-refractivity contribution in [3.63, 3.8) is 0 Å². The molecule has 2 rings (SSSR count). The lowest BCUT2D eigenvalue weighted by molar-refractivity contribution is 1.05. The molecule has 76 valence electrons. The number of H-pyrrole nitrogens is 1. The molecule has 0 aliphatic rings. The van der Waals surface area contributed by atoms with Gasteiger partial charge in [-0.3, -0.25) is 9.78 Å². The number of rotatable bonds is 2. The Hall–Kier alpha value is -1.90. The maximum atomic E-state index is 11.1. The molecule has 3 nitrogen and oxygen atoms in total. The van der Waals surface area contributed by atoms with Crippen molar-refractivity contribution in [2.45, 2.75) is 13.3 Å². The molecule has 2 aromatic heterocycles. The predicted octanol–water partition coefficient (Wildman–Crippen LogP) is 1.67. The van der Waals surface area contributed by atoms with E-state index in [1.165, 1.54) is 5.56 Å². The van der Waals surface area contributed by atoms with Gasteiger partial charge in [-0.1, -0.05) is 0 Å². The first kappa shape index (κ1) is 9.65. The Kier molecular flexibility index (Phi) is 2.63. The lowest BCUT2D eigenvalue weighted by Crippen LogP contribution is -2.04. The second-order valence-electron chi connectivity index (χ2n) is 3.56. The molecule has 0 bridgehead atoms. The molecule has 15 heavy (non-hydrogen) atoms. The van der Waals surface area contributed by atoms with Gasteiger partial charge in [-0.25, -0.2) is 0 Å². The van der Waals surface area contributed by atoms with Crippen molar-refractivity contribution in [3.05, 3.63) is 63.8 Å². The Morgan fingerprint density at radius 2 is 2.20 bits per heavy atom. The van der Waals surface area contributed by atoms with Crippen LogP contribution in [0.15, 0.2) is 41.5 Å². The molecule has 0 unspecified atom stereocenters. The van der Waals surface area contributed by atoms with Crippen LogP contribution in [0, 0.1) is 6.92 Å². The molecule has 0 radical (unpaired) electrons. The van der Waals surface area contributed by atoms with E-state index in [1.807, 2.05) is 25.1 Å². The Bertz CT molecular complexity index is 517. The SMILES string of the molecule is Cc1ccnc(Cc2cc[nH]c(=O)c2)c1. The van der Waals surface area contributed by atoms with Gasteiger partial charge in [0.2, 0.25) is 5.56 Å². The second-order valence-corrected chi connectivity index (χ2v) is 3.56. The number of aryl methyl sites for hydroxylation is 1. The van der Waals surface area contributed by atoms with Crippen molar-refractivity contribution < 1.29 is 0 Å². The molecule has 0 aliphatic heterocycles. The largest absolute Gasteiger partial charge is 0.329 e. The van der Waals surface area contributed by atoms with E-state index in [0.29, 0.717) is 6.42 Å². The molecule has 0 aliphatic carbocycles. The zero-order valence-electron chi connectivity index (χ0n) is 8.53. The van der Waals surface area contributed by atoms with Gasteiger partial charge in [0.05, 0.1) is 0 Å². The van der Waals surface area contributed by atoms with Gasteiger partial charge in [-0.2, -0.15) is 0 Å². The van der Waals surface area contributed by atoms with Crippen LogP contribution >= 0.6 is 0 Å². The fraction of sp³-hybridized carbons (Fsp3) is 0.167. The van der Waals surface area contributed by atoms with Gasteiger partial charge < -0.3 is 4.98 Å². The quantitative estimate of drug-likeness (QED) is 0.801. The average molecular weight is 200 g/mol. The van der Waals surface area contributed by atoms with Gasteiger partial charge >= 0.3 is 0 Å². The minimum atomic E-state index is -0.0693. The van der Waals surface area contributed by atoms with E-state index in [-0.39, 0.29) is 5.56 Å². The molecule has 0 spiro atoms. The van der Waals surface area contributed by atoms with E-state index in [1.54, 1.807) is 18.5 Å². The fourth-order valence-corrected chi connectivity index (χ4v) is 1.50. The molecule has 0 saturated carbocycles. The summed E-state index contributed by atoms with van der Waals surface area (Å²) in [5, 5.41) is 0. The van der Waals surface area contributed by atoms with Crippen molar-refractivity contribution in [2.24, 2.45) is 0 Å². The topological polar surface area (TPSA) is 45.8 Å². The van der Waals surface area contributed by atoms with Gasteiger partial charge in [0.15, 0.2) is 0 Å². The number of pyridine rings is 2. The van der Waals surface area contributed by atoms with E-state index in [4.69, 9.17) is 0 Å². The molecule has 2 heterocycles. The highest BCUT2D eigenvalue weighted by molar-refractivity contribution is 5.22. The van der Waals surface area contributed by atoms with E-state index in [2.05, 4.69) is 9.97 Å². The lowest BCUT2D eigenvalue weighted by atomic mass is 10.1. The number of aromatic amines is 1. The Morgan fingerprint density at radius 3 is 2.93 bits per heavy atom. The normalized spacial score (nSPS) is 10.2. The highest BCUT2D eigenvalue weighted by Crippen LogP contribution is 2.06. The second kappa shape index (κ2) is 4.09. The summed E-state index contributed by atoms with van der Waals surface area (Å²) in [6.07, 6.45) is 4.15. The van der Waals surface area contributed by atoms with Crippen LogP contribution in [-0.2, 0) is 6.42 Å². The van der Waals surface area contributed by atoms with E-state index >= 15 is 0 Å². The first-order chi connectivity index (χ1) is 7.24. The van der Waals surface area contributed by atoms with Gasteiger partial charge in [0.25, 0.3) is 0 Å². The maximum Gasteiger partial charge on any atom is 0.248 e. The summed E-state index contributed by atoms with van der Waals surface area (Å²) < 4.78 is 0. The molecule has 0 amide bonds. The highest BCUT2D eigenvalue weighted by Gasteiger charge is 1.98. The summed E-state index contributed by atoms with van der Waals surface area (Å²) in [7, 11) is 0. The third kappa shape index (κ3) is 2.53. The Balaban J connectivity index is 2.26. The minimum Gasteiger partial charge on any atom is -0.329 e. The molecule has 0 fully saturated rings. The van der Waals surface area contributed by atoms with Crippen LogP contribution in [-0.4, -0.2) is 9.97 Å².